The molecule has 3 aromatic carbocycles. The maximum Gasteiger partial charge on any atom is 0.335 e. The minimum atomic E-state index is -0.578. The second-order valence-corrected chi connectivity index (χ2v) is 9.89. The van der Waals surface area contributed by atoms with Gasteiger partial charge in [0.05, 0.1) is 18.1 Å². The van der Waals surface area contributed by atoms with E-state index < -0.39 is 6.10 Å². The highest BCUT2D eigenvalue weighted by atomic mass is 32.2. The highest BCUT2D eigenvalue weighted by molar-refractivity contribution is 7.99. The van der Waals surface area contributed by atoms with Crippen molar-refractivity contribution in [1.29, 1.82) is 0 Å². The van der Waals surface area contributed by atoms with E-state index in [4.69, 9.17) is 18.9 Å². The van der Waals surface area contributed by atoms with Crippen LogP contribution in [-0.2, 0) is 20.7 Å². The van der Waals surface area contributed by atoms with E-state index in [0.717, 1.165) is 42.1 Å². The van der Waals surface area contributed by atoms with Crippen LogP contribution >= 0.6 is 11.8 Å². The molecule has 2 unspecified atom stereocenters. The highest BCUT2D eigenvalue weighted by Crippen LogP contribution is 2.49. The molecule has 0 amide bonds. The summed E-state index contributed by atoms with van der Waals surface area (Å²) in [4.78, 5) is 13.4. The molecule has 190 valence electrons. The second-order valence-electron chi connectivity index (χ2n) is 8.64. The fraction of sp³-hybridized carbons (Fsp3) is 0.367. The van der Waals surface area contributed by atoms with Gasteiger partial charge in [-0.05, 0) is 62.1 Å². The van der Waals surface area contributed by atoms with Crippen molar-refractivity contribution in [2.75, 3.05) is 19.8 Å². The summed E-state index contributed by atoms with van der Waals surface area (Å²) in [7, 11) is 0. The van der Waals surface area contributed by atoms with Crippen LogP contribution in [0, 0.1) is 0 Å². The summed E-state index contributed by atoms with van der Waals surface area (Å²) < 4.78 is 23.1. The molecule has 0 aliphatic carbocycles. The SMILES string of the molecule is CCCOC(Cc1ccc(OCCCC2Sc3ccccc3Oc3ccccc32)cc1)C(=O)OCC. The Morgan fingerprint density at radius 3 is 2.47 bits per heavy atom. The average Bonchev–Trinajstić information content (AvgIpc) is 3.06. The molecule has 0 saturated carbocycles. The van der Waals surface area contributed by atoms with Gasteiger partial charge < -0.3 is 18.9 Å². The zero-order valence-corrected chi connectivity index (χ0v) is 21.8. The van der Waals surface area contributed by atoms with Crippen LogP contribution in [0.4, 0.5) is 0 Å². The lowest BCUT2D eigenvalue weighted by Gasteiger charge is -2.17. The summed E-state index contributed by atoms with van der Waals surface area (Å²) in [6.07, 6.45) is 2.67. The number of carbonyl (C=O) groups excluding carboxylic acids is 1. The van der Waals surface area contributed by atoms with Gasteiger partial charge in [0.2, 0.25) is 0 Å². The number of hydrogen-bond acceptors (Lipinski definition) is 6. The molecule has 0 saturated heterocycles. The summed E-state index contributed by atoms with van der Waals surface area (Å²) in [5, 5.41) is 0.304. The van der Waals surface area contributed by atoms with E-state index in [1.807, 2.05) is 67.2 Å². The predicted octanol–water partition coefficient (Wildman–Crippen LogP) is 7.39. The number of para-hydroxylation sites is 2. The van der Waals surface area contributed by atoms with Crippen LogP contribution in [0.25, 0.3) is 0 Å². The first-order valence-electron chi connectivity index (χ1n) is 12.7. The predicted molar refractivity (Wildman–Crippen MR) is 143 cm³/mol. The molecule has 3 aromatic rings. The standard InChI is InChI=1S/C30H34O5S/c1-3-19-34-27(30(31)32-4-2)21-22-15-17-23(18-16-22)33-20-9-14-28-24-10-5-6-11-25(24)35-26-12-7-8-13-29(26)36-28/h5-8,10-13,15-18,27-28H,3-4,9,14,19-21H2,1-2H3. The van der Waals surface area contributed by atoms with Crippen LogP contribution < -0.4 is 9.47 Å². The Kier molecular flexibility index (Phi) is 9.70. The van der Waals surface area contributed by atoms with E-state index in [2.05, 4.69) is 24.3 Å². The van der Waals surface area contributed by atoms with E-state index >= 15 is 0 Å². The fourth-order valence-corrected chi connectivity index (χ4v) is 5.42. The van der Waals surface area contributed by atoms with Crippen molar-refractivity contribution in [2.24, 2.45) is 0 Å². The van der Waals surface area contributed by atoms with Gasteiger partial charge in [-0.3, -0.25) is 0 Å². The van der Waals surface area contributed by atoms with Gasteiger partial charge in [0.15, 0.2) is 6.10 Å². The maximum atomic E-state index is 12.2. The van der Waals surface area contributed by atoms with Gasteiger partial charge in [0.1, 0.15) is 17.2 Å². The Morgan fingerprint density at radius 1 is 0.944 bits per heavy atom. The van der Waals surface area contributed by atoms with Gasteiger partial charge in [-0.25, -0.2) is 4.79 Å². The zero-order chi connectivity index (χ0) is 25.2. The van der Waals surface area contributed by atoms with Crippen molar-refractivity contribution in [3.63, 3.8) is 0 Å². The van der Waals surface area contributed by atoms with Crippen LogP contribution in [-0.4, -0.2) is 31.9 Å². The molecule has 4 rings (SSSR count). The molecule has 0 bridgehead atoms. The highest BCUT2D eigenvalue weighted by Gasteiger charge is 2.24. The molecule has 1 aliphatic rings. The molecular weight excluding hydrogens is 472 g/mol. The van der Waals surface area contributed by atoms with E-state index in [0.29, 0.717) is 31.5 Å². The third-order valence-corrected chi connectivity index (χ3v) is 7.27. The van der Waals surface area contributed by atoms with Crippen molar-refractivity contribution in [2.45, 2.75) is 55.8 Å². The summed E-state index contributed by atoms with van der Waals surface area (Å²) in [5.41, 5.74) is 2.24. The van der Waals surface area contributed by atoms with Crippen LogP contribution in [0.1, 0.15) is 49.5 Å². The van der Waals surface area contributed by atoms with Crippen molar-refractivity contribution in [3.8, 4) is 17.2 Å². The Morgan fingerprint density at radius 2 is 1.69 bits per heavy atom. The van der Waals surface area contributed by atoms with Crippen LogP contribution in [0.3, 0.4) is 0 Å². The Labute approximate surface area is 218 Å². The first-order valence-corrected chi connectivity index (χ1v) is 13.6. The quantitative estimate of drug-likeness (QED) is 0.189. The van der Waals surface area contributed by atoms with E-state index in [-0.39, 0.29) is 5.97 Å². The number of rotatable bonds is 12. The fourth-order valence-electron chi connectivity index (χ4n) is 4.12. The lowest BCUT2D eigenvalue weighted by atomic mass is 10.1. The van der Waals surface area contributed by atoms with Crippen LogP contribution in [0.2, 0.25) is 0 Å². The summed E-state index contributed by atoms with van der Waals surface area (Å²) in [6.45, 7) is 5.34. The molecule has 0 N–H and O–H groups in total. The second kappa shape index (κ2) is 13.4. The van der Waals surface area contributed by atoms with E-state index in [1.54, 1.807) is 6.92 Å². The third-order valence-electron chi connectivity index (χ3n) is 5.90. The molecule has 2 atom stereocenters. The van der Waals surface area contributed by atoms with Crippen molar-refractivity contribution in [3.05, 3.63) is 83.9 Å². The molecule has 6 heteroatoms. The number of thioether (sulfide) groups is 1. The van der Waals surface area contributed by atoms with Gasteiger partial charge in [-0.2, -0.15) is 0 Å². The number of ether oxygens (including phenoxy) is 4. The minimum Gasteiger partial charge on any atom is -0.494 e. The molecule has 36 heavy (non-hydrogen) atoms. The van der Waals surface area contributed by atoms with Crippen molar-refractivity contribution >= 4 is 17.7 Å². The van der Waals surface area contributed by atoms with E-state index in [9.17, 15) is 4.79 Å². The molecule has 1 heterocycles. The Hall–Kier alpha value is -2.96. The van der Waals surface area contributed by atoms with Crippen LogP contribution in [0.5, 0.6) is 17.2 Å². The van der Waals surface area contributed by atoms with Gasteiger partial charge in [0.25, 0.3) is 0 Å². The molecule has 5 nitrogen and oxygen atoms in total. The summed E-state index contributed by atoms with van der Waals surface area (Å²) in [6, 6.07) is 24.4. The summed E-state index contributed by atoms with van der Waals surface area (Å²) >= 11 is 1.86. The lowest BCUT2D eigenvalue weighted by molar-refractivity contribution is -0.156. The smallest absolute Gasteiger partial charge is 0.335 e. The molecule has 0 spiro atoms. The molecule has 0 fully saturated rings. The van der Waals surface area contributed by atoms with Gasteiger partial charge in [-0.1, -0.05) is 49.4 Å². The number of benzene rings is 3. The van der Waals surface area contributed by atoms with Crippen LogP contribution in [0.15, 0.2) is 77.7 Å². The van der Waals surface area contributed by atoms with Gasteiger partial charge in [-0.15, -0.1) is 11.8 Å². The number of esters is 1. The monoisotopic (exact) mass is 506 g/mol. The average molecular weight is 507 g/mol. The number of carbonyl (C=O) groups is 1. The topological polar surface area (TPSA) is 54.0 Å². The Balaban J connectivity index is 1.30. The minimum absolute atomic E-state index is 0.304. The van der Waals surface area contributed by atoms with Crippen molar-refractivity contribution in [1.82, 2.24) is 0 Å². The Bertz CT molecular complexity index is 1110. The largest absolute Gasteiger partial charge is 0.494 e. The zero-order valence-electron chi connectivity index (χ0n) is 21.0. The number of fused-ring (bicyclic) bond motifs is 2. The third kappa shape index (κ3) is 7.05. The van der Waals surface area contributed by atoms with E-state index in [1.165, 1.54) is 10.5 Å². The first kappa shape index (κ1) is 26.1. The first-order chi connectivity index (χ1) is 17.7. The normalized spacial score (nSPS) is 15.1. The van der Waals surface area contributed by atoms with Gasteiger partial charge >= 0.3 is 5.97 Å². The number of hydrogen-bond donors (Lipinski definition) is 0. The molecule has 1 aliphatic heterocycles. The lowest BCUT2D eigenvalue weighted by Crippen LogP contribution is -2.29. The van der Waals surface area contributed by atoms with Crippen molar-refractivity contribution < 1.29 is 23.7 Å². The molecule has 0 radical (unpaired) electrons. The molecular formula is C30H34O5S. The maximum absolute atomic E-state index is 12.2. The molecule has 0 aromatic heterocycles. The summed E-state index contributed by atoms with van der Waals surface area (Å²) in [5.74, 6) is 2.36. The van der Waals surface area contributed by atoms with Gasteiger partial charge in [0, 0.05) is 23.8 Å².